The van der Waals surface area contributed by atoms with Gasteiger partial charge >= 0.3 is 8.80 Å². The fraction of sp³-hybridized carbons (Fsp3) is 1.00. The van der Waals surface area contributed by atoms with Crippen LogP contribution in [0.25, 0.3) is 0 Å². The summed E-state index contributed by atoms with van der Waals surface area (Å²) < 4.78 is 17.3. The van der Waals surface area contributed by atoms with Crippen molar-refractivity contribution >= 4 is 20.4 Å². The molecule has 2 unspecified atom stereocenters. The molecule has 164 valence electrons. The first-order valence-corrected chi connectivity index (χ1v) is 13.7. The van der Waals surface area contributed by atoms with E-state index in [1.165, 1.54) is 77.0 Å². The summed E-state index contributed by atoms with van der Waals surface area (Å²) >= 11 is 6.11. The second-order valence-corrected chi connectivity index (χ2v) is 11.3. The Kier molecular flexibility index (Phi) is 18.7. The quantitative estimate of drug-likeness (QED) is 0.115. The molecule has 0 saturated carbocycles. The van der Waals surface area contributed by atoms with E-state index in [0.29, 0.717) is 17.3 Å². The predicted octanol–water partition coefficient (Wildman–Crippen LogP) is 7.59. The standard InChI is InChI=1S/C22H47ClO3Si/c1-6-8-9-10-11-12-13-14-15-16-17-18-21(19-20-23)22(7-2)27(24-3,25-4)26-5/h21-22H,6-20H2,1-5H3. The second-order valence-electron chi connectivity index (χ2n) is 7.79. The van der Waals surface area contributed by atoms with Crippen LogP contribution in [-0.4, -0.2) is 36.0 Å². The Labute approximate surface area is 176 Å². The van der Waals surface area contributed by atoms with Gasteiger partial charge in [-0.1, -0.05) is 90.9 Å². The van der Waals surface area contributed by atoms with E-state index in [1.54, 1.807) is 21.3 Å². The summed E-state index contributed by atoms with van der Waals surface area (Å²) in [6.07, 6.45) is 18.4. The summed E-state index contributed by atoms with van der Waals surface area (Å²) in [5.74, 6) is 1.22. The third kappa shape index (κ3) is 11.2. The number of hydrogen-bond donors (Lipinski definition) is 0. The Bertz CT molecular complexity index is 306. The van der Waals surface area contributed by atoms with Gasteiger partial charge in [-0.25, -0.2) is 0 Å². The van der Waals surface area contributed by atoms with Gasteiger partial charge in [-0.2, -0.15) is 0 Å². The number of alkyl halides is 1. The van der Waals surface area contributed by atoms with Crippen molar-refractivity contribution in [1.29, 1.82) is 0 Å². The molecule has 0 fully saturated rings. The predicted molar refractivity (Wildman–Crippen MR) is 121 cm³/mol. The first-order chi connectivity index (χ1) is 13.2. The van der Waals surface area contributed by atoms with Crippen LogP contribution in [0, 0.1) is 5.92 Å². The molecular weight excluding hydrogens is 376 g/mol. The van der Waals surface area contributed by atoms with E-state index in [-0.39, 0.29) is 0 Å². The largest absolute Gasteiger partial charge is 0.503 e. The van der Waals surface area contributed by atoms with Gasteiger partial charge in [0.2, 0.25) is 0 Å². The van der Waals surface area contributed by atoms with Crippen molar-refractivity contribution < 1.29 is 13.3 Å². The second kappa shape index (κ2) is 18.4. The first kappa shape index (κ1) is 27.4. The highest BCUT2D eigenvalue weighted by molar-refractivity contribution is 6.62. The third-order valence-electron chi connectivity index (χ3n) is 5.97. The lowest BCUT2D eigenvalue weighted by atomic mass is 9.93. The van der Waals surface area contributed by atoms with Crippen LogP contribution >= 0.6 is 11.6 Å². The maximum atomic E-state index is 6.11. The van der Waals surface area contributed by atoms with Gasteiger partial charge in [0.1, 0.15) is 0 Å². The Hall–Kier alpha value is 0.387. The molecule has 0 amide bonds. The number of unbranched alkanes of at least 4 members (excludes halogenated alkanes) is 10. The molecule has 0 saturated heterocycles. The first-order valence-electron chi connectivity index (χ1n) is 11.4. The van der Waals surface area contributed by atoms with Crippen LogP contribution in [0.2, 0.25) is 5.54 Å². The minimum Gasteiger partial charge on any atom is -0.377 e. The van der Waals surface area contributed by atoms with Crippen LogP contribution in [0.3, 0.4) is 0 Å². The molecule has 27 heavy (non-hydrogen) atoms. The minimum absolute atomic E-state index is 0.333. The molecular formula is C22H47ClO3Si. The highest BCUT2D eigenvalue weighted by Gasteiger charge is 2.49. The van der Waals surface area contributed by atoms with E-state index in [1.807, 2.05) is 0 Å². The SMILES string of the molecule is CCCCCCCCCCCCCC(CCCl)C(CC)[Si](OC)(OC)OC. The summed E-state index contributed by atoms with van der Waals surface area (Å²) in [4.78, 5) is 0. The fourth-order valence-electron chi connectivity index (χ4n) is 4.33. The minimum atomic E-state index is -2.61. The maximum absolute atomic E-state index is 6.11. The van der Waals surface area contributed by atoms with E-state index in [0.717, 1.165) is 12.8 Å². The molecule has 0 aliphatic rings. The number of rotatable bonds is 20. The molecule has 0 aliphatic carbocycles. The molecule has 0 bridgehead atoms. The van der Waals surface area contributed by atoms with Gasteiger partial charge in [-0.3, -0.25) is 0 Å². The lowest BCUT2D eigenvalue weighted by molar-refractivity contribution is 0.0979. The van der Waals surface area contributed by atoms with Crippen molar-refractivity contribution in [3.63, 3.8) is 0 Å². The Morgan fingerprint density at radius 3 is 1.48 bits per heavy atom. The van der Waals surface area contributed by atoms with Crippen molar-refractivity contribution in [3.05, 3.63) is 0 Å². The van der Waals surface area contributed by atoms with Gasteiger partial charge in [-0.15, -0.1) is 11.6 Å². The Morgan fingerprint density at radius 2 is 1.11 bits per heavy atom. The van der Waals surface area contributed by atoms with Gasteiger partial charge in [0, 0.05) is 32.8 Å². The molecule has 0 aromatic carbocycles. The molecule has 0 N–H and O–H groups in total. The molecule has 0 heterocycles. The van der Waals surface area contributed by atoms with E-state index in [9.17, 15) is 0 Å². The van der Waals surface area contributed by atoms with Gasteiger partial charge in [0.15, 0.2) is 0 Å². The fourth-order valence-corrected chi connectivity index (χ4v) is 7.43. The topological polar surface area (TPSA) is 27.7 Å². The molecule has 5 heteroatoms. The monoisotopic (exact) mass is 422 g/mol. The average molecular weight is 423 g/mol. The lowest BCUT2D eigenvalue weighted by Gasteiger charge is -2.37. The molecule has 0 rings (SSSR count). The van der Waals surface area contributed by atoms with Gasteiger partial charge < -0.3 is 13.3 Å². The molecule has 0 aliphatic heterocycles. The van der Waals surface area contributed by atoms with Crippen LogP contribution in [-0.2, 0) is 13.3 Å². The highest BCUT2D eigenvalue weighted by atomic mass is 35.5. The number of halogens is 1. The average Bonchev–Trinajstić information content (AvgIpc) is 2.70. The molecule has 0 radical (unpaired) electrons. The summed E-state index contributed by atoms with van der Waals surface area (Å²) in [5.41, 5.74) is 0.333. The van der Waals surface area contributed by atoms with Gasteiger partial charge in [0.05, 0.1) is 0 Å². The van der Waals surface area contributed by atoms with Crippen LogP contribution in [0.5, 0.6) is 0 Å². The highest BCUT2D eigenvalue weighted by Crippen LogP contribution is 2.39. The van der Waals surface area contributed by atoms with Crippen molar-refractivity contribution in [2.24, 2.45) is 5.92 Å². The molecule has 3 nitrogen and oxygen atoms in total. The van der Waals surface area contributed by atoms with Crippen LogP contribution in [0.1, 0.15) is 104 Å². The zero-order valence-electron chi connectivity index (χ0n) is 18.9. The summed E-state index contributed by atoms with van der Waals surface area (Å²) in [6.45, 7) is 4.49. The normalized spacial score (nSPS) is 14.4. The van der Waals surface area contributed by atoms with E-state index in [2.05, 4.69) is 13.8 Å². The molecule has 0 spiro atoms. The van der Waals surface area contributed by atoms with Crippen molar-refractivity contribution in [1.82, 2.24) is 0 Å². The van der Waals surface area contributed by atoms with Crippen LogP contribution in [0.4, 0.5) is 0 Å². The zero-order chi connectivity index (χ0) is 20.4. The van der Waals surface area contributed by atoms with E-state index < -0.39 is 8.80 Å². The van der Waals surface area contributed by atoms with Gasteiger partial charge in [0.25, 0.3) is 0 Å². The van der Waals surface area contributed by atoms with Crippen molar-refractivity contribution in [2.45, 2.75) is 109 Å². The Balaban J connectivity index is 4.14. The molecule has 0 aromatic heterocycles. The summed E-state index contributed by atoms with van der Waals surface area (Å²) in [6, 6.07) is 0. The third-order valence-corrected chi connectivity index (χ3v) is 9.69. The van der Waals surface area contributed by atoms with E-state index >= 15 is 0 Å². The van der Waals surface area contributed by atoms with Gasteiger partial charge in [-0.05, 0) is 18.8 Å². The smallest absolute Gasteiger partial charge is 0.377 e. The molecule has 2 atom stereocenters. The Morgan fingerprint density at radius 1 is 0.667 bits per heavy atom. The van der Waals surface area contributed by atoms with Crippen LogP contribution in [0.15, 0.2) is 0 Å². The zero-order valence-corrected chi connectivity index (χ0v) is 20.6. The summed E-state index contributed by atoms with van der Waals surface area (Å²) in [5, 5.41) is 0. The van der Waals surface area contributed by atoms with Crippen molar-refractivity contribution in [3.8, 4) is 0 Å². The molecule has 0 aromatic rings. The van der Waals surface area contributed by atoms with E-state index in [4.69, 9.17) is 24.9 Å². The summed E-state index contributed by atoms with van der Waals surface area (Å²) in [7, 11) is 2.57. The lowest BCUT2D eigenvalue weighted by Crippen LogP contribution is -2.50. The van der Waals surface area contributed by atoms with Crippen LogP contribution < -0.4 is 0 Å². The maximum Gasteiger partial charge on any atom is 0.503 e. The van der Waals surface area contributed by atoms with Crippen molar-refractivity contribution in [2.75, 3.05) is 27.2 Å². The number of hydrogen-bond acceptors (Lipinski definition) is 3.